The topological polar surface area (TPSA) is 210 Å². The van der Waals surface area contributed by atoms with Gasteiger partial charge in [0.25, 0.3) is 0 Å². The molecule has 0 aromatic carbocycles. The molecule has 0 heterocycles. The predicted molar refractivity (Wildman–Crippen MR) is 281 cm³/mol. The van der Waals surface area contributed by atoms with Crippen LogP contribution in [0, 0.1) is 0 Å². The van der Waals surface area contributed by atoms with Crippen molar-refractivity contribution < 1.29 is 63.1 Å². The first-order valence-electron chi connectivity index (χ1n) is 29.0. The molecule has 6 atom stereocenters. The van der Waals surface area contributed by atoms with E-state index in [0.29, 0.717) is 12.8 Å². The fourth-order valence-electron chi connectivity index (χ4n) is 9.23. The number of ether oxygens (including phenoxy) is 2. The predicted octanol–water partition coefficient (Wildman–Crippen LogP) is 13.4. The van der Waals surface area contributed by atoms with Gasteiger partial charge in [0.05, 0.1) is 6.61 Å². The quantitative estimate of drug-likeness (QED) is 0.0145. The molecule has 70 heavy (non-hydrogen) atoms. The maximum absolute atomic E-state index is 12.9. The summed E-state index contributed by atoms with van der Waals surface area (Å²) < 4.78 is 33.7. The van der Waals surface area contributed by atoms with Crippen molar-refractivity contribution >= 4 is 19.8 Å². The Morgan fingerprint density at radius 1 is 0.429 bits per heavy atom. The highest BCUT2D eigenvalue weighted by atomic mass is 31.2. The van der Waals surface area contributed by atoms with Crippen molar-refractivity contribution in [1.82, 2.24) is 0 Å². The van der Waals surface area contributed by atoms with Crippen molar-refractivity contribution in [3.05, 3.63) is 12.2 Å². The minimum atomic E-state index is -5.12. The zero-order valence-electron chi connectivity index (χ0n) is 44.6. The molecule has 0 saturated heterocycles. The summed E-state index contributed by atoms with van der Waals surface area (Å²) in [5.41, 5.74) is 0. The highest BCUT2D eigenvalue weighted by Crippen LogP contribution is 2.47. The monoisotopic (exact) mass is 1020 g/mol. The maximum Gasteiger partial charge on any atom is 0.472 e. The maximum atomic E-state index is 12.9. The van der Waals surface area contributed by atoms with Gasteiger partial charge >= 0.3 is 19.8 Å². The van der Waals surface area contributed by atoms with E-state index in [1.807, 2.05) is 0 Å². The molecule has 1 aliphatic carbocycles. The molecule has 0 amide bonds. The van der Waals surface area contributed by atoms with Gasteiger partial charge in [0, 0.05) is 12.8 Å². The van der Waals surface area contributed by atoms with Crippen molar-refractivity contribution in [3.63, 3.8) is 0 Å². The number of carbonyl (C=O) groups excluding carboxylic acids is 2. The SMILES string of the molecule is CCCCCCCCC/C=C\CCCCCCCCCC(=O)OC(COC(=O)CCCCCCCCCCCCCCCCCCCCCCCCC)COP(=O)(O)OC1C(O)C(O)C(O)C(O)C1O. The number of carbonyl (C=O) groups is 2. The van der Waals surface area contributed by atoms with Crippen molar-refractivity contribution in [1.29, 1.82) is 0 Å². The zero-order chi connectivity index (χ0) is 51.3. The molecule has 0 bridgehead atoms. The lowest BCUT2D eigenvalue weighted by Crippen LogP contribution is -2.64. The van der Waals surface area contributed by atoms with E-state index < -0.39 is 75.7 Å². The first-order valence-corrected chi connectivity index (χ1v) is 30.5. The highest BCUT2D eigenvalue weighted by Gasteiger charge is 2.51. The highest BCUT2D eigenvalue weighted by molar-refractivity contribution is 7.47. The van der Waals surface area contributed by atoms with Crippen LogP contribution in [-0.2, 0) is 32.7 Å². The van der Waals surface area contributed by atoms with Gasteiger partial charge in [-0.05, 0) is 38.5 Å². The van der Waals surface area contributed by atoms with E-state index in [1.54, 1.807) is 0 Å². The average molecular weight is 1020 g/mol. The Morgan fingerprint density at radius 3 is 1.09 bits per heavy atom. The Labute approximate surface area is 426 Å². The van der Waals surface area contributed by atoms with E-state index in [2.05, 4.69) is 26.0 Å². The first-order chi connectivity index (χ1) is 33.9. The summed E-state index contributed by atoms with van der Waals surface area (Å²) in [4.78, 5) is 35.9. The van der Waals surface area contributed by atoms with Gasteiger partial charge in [-0.1, -0.05) is 238 Å². The third kappa shape index (κ3) is 37.3. The number of esters is 2. The lowest BCUT2D eigenvalue weighted by atomic mass is 9.85. The van der Waals surface area contributed by atoms with Crippen LogP contribution in [0.2, 0.25) is 0 Å². The lowest BCUT2D eigenvalue weighted by Gasteiger charge is -2.41. The van der Waals surface area contributed by atoms with E-state index in [9.17, 15) is 44.6 Å². The Bertz CT molecular complexity index is 1270. The normalized spacial score (nSPS) is 20.7. The number of phosphoric acid groups is 1. The third-order valence-corrected chi connectivity index (χ3v) is 14.8. The summed E-state index contributed by atoms with van der Waals surface area (Å²) in [5, 5.41) is 50.4. The molecule has 414 valence electrons. The summed E-state index contributed by atoms with van der Waals surface area (Å²) in [6.07, 6.45) is 39.8. The molecular formula is C56H107O13P. The van der Waals surface area contributed by atoms with Crippen LogP contribution in [0.5, 0.6) is 0 Å². The molecule has 0 aliphatic heterocycles. The van der Waals surface area contributed by atoms with Gasteiger partial charge in [0.2, 0.25) is 0 Å². The second-order valence-electron chi connectivity index (χ2n) is 20.5. The van der Waals surface area contributed by atoms with Gasteiger partial charge in [0.15, 0.2) is 6.10 Å². The Balaban J connectivity index is 2.31. The first kappa shape index (κ1) is 66.6. The van der Waals surface area contributed by atoms with Crippen LogP contribution in [0.4, 0.5) is 0 Å². The van der Waals surface area contributed by atoms with Gasteiger partial charge in [-0.3, -0.25) is 18.6 Å². The van der Waals surface area contributed by atoms with Crippen LogP contribution in [0.15, 0.2) is 12.2 Å². The Hall–Kier alpha value is -1.41. The molecule has 14 heteroatoms. The van der Waals surface area contributed by atoms with E-state index in [1.165, 1.54) is 186 Å². The molecule has 6 unspecified atom stereocenters. The summed E-state index contributed by atoms with van der Waals surface area (Å²) in [6, 6.07) is 0. The Kier molecular flexibility index (Phi) is 43.9. The van der Waals surface area contributed by atoms with Crippen LogP contribution in [0.25, 0.3) is 0 Å². The van der Waals surface area contributed by atoms with E-state index >= 15 is 0 Å². The minimum absolute atomic E-state index is 0.0966. The van der Waals surface area contributed by atoms with Crippen molar-refractivity contribution in [2.24, 2.45) is 0 Å². The summed E-state index contributed by atoms with van der Waals surface area (Å²) in [6.45, 7) is 3.36. The minimum Gasteiger partial charge on any atom is -0.462 e. The average Bonchev–Trinajstić information content (AvgIpc) is 3.34. The van der Waals surface area contributed by atoms with Crippen LogP contribution in [0.3, 0.4) is 0 Å². The molecule has 0 spiro atoms. The molecule has 1 rings (SSSR count). The molecular weight excluding hydrogens is 912 g/mol. The van der Waals surface area contributed by atoms with Crippen LogP contribution < -0.4 is 0 Å². The van der Waals surface area contributed by atoms with Gasteiger partial charge in [-0.25, -0.2) is 4.57 Å². The molecule has 1 fully saturated rings. The molecule has 1 aliphatic rings. The van der Waals surface area contributed by atoms with Crippen molar-refractivity contribution in [2.75, 3.05) is 13.2 Å². The Morgan fingerprint density at radius 2 is 0.729 bits per heavy atom. The molecule has 1 saturated carbocycles. The van der Waals surface area contributed by atoms with Crippen LogP contribution >= 0.6 is 7.82 Å². The summed E-state index contributed by atoms with van der Waals surface area (Å²) >= 11 is 0. The molecule has 0 radical (unpaired) electrons. The summed E-state index contributed by atoms with van der Waals surface area (Å²) in [5.74, 6) is -1.09. The fraction of sp³-hybridized carbons (Fsp3) is 0.929. The van der Waals surface area contributed by atoms with Gasteiger partial charge < -0.3 is 39.9 Å². The van der Waals surface area contributed by atoms with E-state index in [0.717, 1.165) is 51.4 Å². The van der Waals surface area contributed by atoms with Crippen molar-refractivity contribution in [2.45, 2.75) is 320 Å². The number of hydrogen-bond donors (Lipinski definition) is 6. The second kappa shape index (κ2) is 46.1. The van der Waals surface area contributed by atoms with Gasteiger partial charge in [-0.2, -0.15) is 0 Å². The number of unbranched alkanes of at least 4 members (excludes halogenated alkanes) is 36. The van der Waals surface area contributed by atoms with Crippen LogP contribution in [-0.4, -0.2) is 98.3 Å². The van der Waals surface area contributed by atoms with Crippen LogP contribution in [0.1, 0.15) is 277 Å². The number of aliphatic hydroxyl groups is 5. The second-order valence-corrected chi connectivity index (χ2v) is 21.9. The summed E-state index contributed by atoms with van der Waals surface area (Å²) in [7, 11) is -5.12. The molecule has 6 N–H and O–H groups in total. The molecule has 0 aromatic heterocycles. The van der Waals surface area contributed by atoms with E-state index in [-0.39, 0.29) is 12.8 Å². The molecule has 0 aromatic rings. The number of aliphatic hydroxyl groups excluding tert-OH is 5. The zero-order valence-corrected chi connectivity index (χ0v) is 45.5. The number of rotatable bonds is 50. The third-order valence-electron chi connectivity index (χ3n) is 13.9. The smallest absolute Gasteiger partial charge is 0.462 e. The standard InChI is InChI=1S/C56H107O13P/c1-3-5-7-9-11-13-15-17-19-21-23-24-25-26-27-29-30-32-34-36-38-40-42-44-49(57)66-46-48(47-67-70(64,65)69-56-54(62)52(60)51(59)53(61)55(56)63)68-50(58)45-43-41-39-37-35-33-31-28-22-20-18-16-14-12-10-8-6-4-2/h20,22,48,51-56,59-63H,3-19,21,23-47H2,1-2H3,(H,64,65)/b22-20-. The number of allylic oxidation sites excluding steroid dienone is 2. The fourth-order valence-corrected chi connectivity index (χ4v) is 10.2. The van der Waals surface area contributed by atoms with Gasteiger partial charge in [0.1, 0.15) is 43.2 Å². The van der Waals surface area contributed by atoms with E-state index in [4.69, 9.17) is 18.5 Å². The number of phosphoric ester groups is 1. The van der Waals surface area contributed by atoms with Gasteiger partial charge in [-0.15, -0.1) is 0 Å². The largest absolute Gasteiger partial charge is 0.472 e. The lowest BCUT2D eigenvalue weighted by molar-refractivity contribution is -0.220. The van der Waals surface area contributed by atoms with Crippen molar-refractivity contribution in [3.8, 4) is 0 Å². The molecule has 13 nitrogen and oxygen atoms in total. The number of hydrogen-bond acceptors (Lipinski definition) is 12.